The zero-order valence-corrected chi connectivity index (χ0v) is 9.25. The van der Waals surface area contributed by atoms with E-state index < -0.39 is 17.7 Å². The minimum Gasteiger partial charge on any atom is -0.191 e. The topological polar surface area (TPSA) is 0 Å². The lowest BCUT2D eigenvalue weighted by molar-refractivity contribution is -0.289. The molecule has 0 aromatic heterocycles. The van der Waals surface area contributed by atoms with E-state index >= 15 is 0 Å². The molecule has 0 nitrogen and oxygen atoms in total. The molecule has 94 valence electrons. The first-order valence-electron chi connectivity index (χ1n) is 4.49. The van der Waals surface area contributed by atoms with Gasteiger partial charge >= 0.3 is 12.1 Å². The Labute approximate surface area is 99.7 Å². The normalized spacial score (nSPS) is 12.6. The summed E-state index contributed by atoms with van der Waals surface area (Å²) >= 11 is 5.43. The molecular weight excluding hydrogens is 263 g/mol. The largest absolute Gasteiger partial charge is 0.458 e. The van der Waals surface area contributed by atoms with E-state index in [-0.39, 0.29) is 17.0 Å². The summed E-state index contributed by atoms with van der Waals surface area (Å²) in [6.07, 6.45) is -5.62. The number of hydrogen-bond acceptors (Lipinski definition) is 0. The van der Waals surface area contributed by atoms with Crippen molar-refractivity contribution < 1.29 is 22.0 Å². The van der Waals surface area contributed by atoms with E-state index in [1.807, 2.05) is 0 Å². The highest BCUT2D eigenvalue weighted by Gasteiger charge is 2.58. The van der Waals surface area contributed by atoms with Crippen LogP contribution in [-0.4, -0.2) is 12.1 Å². The highest BCUT2D eigenvalue weighted by atomic mass is 35.5. The van der Waals surface area contributed by atoms with E-state index in [4.69, 9.17) is 11.6 Å². The van der Waals surface area contributed by atoms with Gasteiger partial charge in [0.15, 0.2) is 0 Å². The minimum absolute atomic E-state index is 0.0406. The second-order valence-electron chi connectivity index (χ2n) is 3.39. The molecule has 0 amide bonds. The molecule has 1 aromatic carbocycles. The standard InChI is InChI=1S/C11H8ClF5/c1-7(6-12)8-3-2-4-9(5-8)10(13,14)11(15,16)17/h2-5H,1,6H2. The Balaban J connectivity index is 3.21. The second kappa shape index (κ2) is 4.64. The number of hydrogen-bond donors (Lipinski definition) is 0. The number of rotatable bonds is 3. The van der Waals surface area contributed by atoms with E-state index in [1.54, 1.807) is 0 Å². The molecule has 0 atom stereocenters. The molecule has 0 N–H and O–H groups in total. The molecule has 0 radical (unpaired) electrons. The third-order valence-corrected chi connectivity index (χ3v) is 2.47. The molecule has 0 bridgehead atoms. The van der Waals surface area contributed by atoms with Gasteiger partial charge in [-0.05, 0) is 17.2 Å². The van der Waals surface area contributed by atoms with E-state index in [9.17, 15) is 22.0 Å². The van der Waals surface area contributed by atoms with Crippen LogP contribution in [0.1, 0.15) is 11.1 Å². The summed E-state index contributed by atoms with van der Waals surface area (Å²) in [6.45, 7) is 3.47. The van der Waals surface area contributed by atoms with Crippen LogP contribution in [0.4, 0.5) is 22.0 Å². The lowest BCUT2D eigenvalue weighted by Crippen LogP contribution is -2.33. The van der Waals surface area contributed by atoms with Crippen LogP contribution in [0.2, 0.25) is 0 Å². The summed E-state index contributed by atoms with van der Waals surface area (Å²) < 4.78 is 62.5. The first-order chi connectivity index (χ1) is 7.70. The average molecular weight is 271 g/mol. The Hall–Kier alpha value is -1.10. The van der Waals surface area contributed by atoms with E-state index in [0.29, 0.717) is 0 Å². The summed E-state index contributed by atoms with van der Waals surface area (Å²) in [6, 6.07) is 3.96. The summed E-state index contributed by atoms with van der Waals surface area (Å²) in [4.78, 5) is 0. The van der Waals surface area contributed by atoms with Crippen molar-refractivity contribution in [1.82, 2.24) is 0 Å². The van der Waals surface area contributed by atoms with Crippen molar-refractivity contribution >= 4 is 17.2 Å². The molecule has 0 spiro atoms. The maximum absolute atomic E-state index is 13.0. The van der Waals surface area contributed by atoms with Gasteiger partial charge in [-0.25, -0.2) is 0 Å². The fourth-order valence-electron chi connectivity index (χ4n) is 1.18. The van der Waals surface area contributed by atoms with Gasteiger partial charge in [0.2, 0.25) is 0 Å². The van der Waals surface area contributed by atoms with Crippen LogP contribution in [-0.2, 0) is 5.92 Å². The lowest BCUT2D eigenvalue weighted by Gasteiger charge is -2.20. The highest BCUT2D eigenvalue weighted by molar-refractivity contribution is 6.23. The van der Waals surface area contributed by atoms with Crippen molar-refractivity contribution in [2.24, 2.45) is 0 Å². The Bertz CT molecular complexity index is 422. The average Bonchev–Trinajstić information content (AvgIpc) is 2.26. The Morgan fingerprint density at radius 2 is 1.76 bits per heavy atom. The van der Waals surface area contributed by atoms with Gasteiger partial charge in [0, 0.05) is 11.4 Å². The molecule has 6 heteroatoms. The Morgan fingerprint density at radius 1 is 1.18 bits per heavy atom. The van der Waals surface area contributed by atoms with Crippen LogP contribution >= 0.6 is 11.6 Å². The maximum Gasteiger partial charge on any atom is 0.458 e. The molecule has 0 saturated heterocycles. The quantitative estimate of drug-likeness (QED) is 0.556. The molecule has 0 unspecified atom stereocenters. The lowest BCUT2D eigenvalue weighted by atomic mass is 10.0. The first kappa shape index (κ1) is 14.0. The third kappa shape index (κ3) is 2.77. The minimum atomic E-state index is -5.62. The smallest absolute Gasteiger partial charge is 0.191 e. The summed E-state index contributed by atoms with van der Waals surface area (Å²) in [5, 5.41) is 0. The number of benzene rings is 1. The van der Waals surface area contributed by atoms with Crippen LogP contribution in [0, 0.1) is 0 Å². The molecule has 0 fully saturated rings. The third-order valence-electron chi connectivity index (χ3n) is 2.15. The highest BCUT2D eigenvalue weighted by Crippen LogP contribution is 2.44. The summed E-state index contributed by atoms with van der Waals surface area (Å²) in [5.41, 5.74) is -0.665. The molecule has 0 heterocycles. The second-order valence-corrected chi connectivity index (χ2v) is 3.66. The van der Waals surface area contributed by atoms with Crippen molar-refractivity contribution in [3.8, 4) is 0 Å². The Kier molecular flexibility index (Phi) is 3.81. The van der Waals surface area contributed by atoms with Crippen molar-refractivity contribution in [3.05, 3.63) is 42.0 Å². The maximum atomic E-state index is 13.0. The number of alkyl halides is 6. The molecule has 0 aliphatic heterocycles. The summed E-state index contributed by atoms with van der Waals surface area (Å²) in [7, 11) is 0. The fraction of sp³-hybridized carbons (Fsp3) is 0.273. The zero-order valence-electron chi connectivity index (χ0n) is 8.49. The predicted octanol–water partition coefficient (Wildman–Crippen LogP) is 4.59. The van der Waals surface area contributed by atoms with Crippen LogP contribution in [0.25, 0.3) is 5.57 Å². The van der Waals surface area contributed by atoms with Gasteiger partial charge in [-0.3, -0.25) is 0 Å². The Morgan fingerprint density at radius 3 is 2.24 bits per heavy atom. The van der Waals surface area contributed by atoms with Gasteiger partial charge in [0.1, 0.15) is 0 Å². The molecule has 0 aliphatic carbocycles. The molecule has 1 rings (SSSR count). The van der Waals surface area contributed by atoms with Crippen LogP contribution in [0.3, 0.4) is 0 Å². The molecule has 0 aliphatic rings. The fourth-order valence-corrected chi connectivity index (χ4v) is 1.33. The van der Waals surface area contributed by atoms with E-state index in [1.165, 1.54) is 6.07 Å². The van der Waals surface area contributed by atoms with Gasteiger partial charge < -0.3 is 0 Å². The molecule has 0 saturated carbocycles. The zero-order chi connectivity index (χ0) is 13.3. The first-order valence-corrected chi connectivity index (χ1v) is 5.03. The SMILES string of the molecule is C=C(CCl)c1cccc(C(F)(F)C(F)(F)F)c1. The van der Waals surface area contributed by atoms with Crippen LogP contribution < -0.4 is 0 Å². The van der Waals surface area contributed by atoms with Gasteiger partial charge in [-0.15, -0.1) is 11.6 Å². The van der Waals surface area contributed by atoms with Crippen LogP contribution in [0.15, 0.2) is 30.8 Å². The van der Waals surface area contributed by atoms with Gasteiger partial charge in [-0.2, -0.15) is 22.0 Å². The van der Waals surface area contributed by atoms with E-state index in [0.717, 1.165) is 18.2 Å². The monoisotopic (exact) mass is 270 g/mol. The molecule has 1 aromatic rings. The van der Waals surface area contributed by atoms with Crippen molar-refractivity contribution in [2.45, 2.75) is 12.1 Å². The van der Waals surface area contributed by atoms with Gasteiger partial charge in [-0.1, -0.05) is 24.8 Å². The number of halogens is 6. The van der Waals surface area contributed by atoms with Crippen LogP contribution in [0.5, 0.6) is 0 Å². The van der Waals surface area contributed by atoms with Crippen molar-refractivity contribution in [1.29, 1.82) is 0 Å². The summed E-state index contributed by atoms with van der Waals surface area (Å²) in [5.74, 6) is -4.92. The van der Waals surface area contributed by atoms with Crippen molar-refractivity contribution in [2.75, 3.05) is 5.88 Å². The molecular formula is C11H8ClF5. The van der Waals surface area contributed by atoms with Crippen molar-refractivity contribution in [3.63, 3.8) is 0 Å². The van der Waals surface area contributed by atoms with E-state index in [2.05, 4.69) is 6.58 Å². The van der Waals surface area contributed by atoms with Gasteiger partial charge in [0.05, 0.1) is 0 Å². The number of allylic oxidation sites excluding steroid dienone is 1. The predicted molar refractivity (Wildman–Crippen MR) is 56.1 cm³/mol. The van der Waals surface area contributed by atoms with Gasteiger partial charge in [0.25, 0.3) is 0 Å². The molecule has 17 heavy (non-hydrogen) atoms.